The van der Waals surface area contributed by atoms with Gasteiger partial charge in [0, 0.05) is 49.2 Å². The topological polar surface area (TPSA) is 72.3 Å². The first kappa shape index (κ1) is 26.5. The van der Waals surface area contributed by atoms with E-state index < -0.39 is 6.10 Å². The fraction of sp³-hybridized carbons (Fsp3) is 0.269. The largest absolute Gasteiger partial charge is 0.386 e. The van der Waals surface area contributed by atoms with Crippen molar-refractivity contribution in [3.05, 3.63) is 105 Å². The number of hydrogen-bond donors (Lipinski definition) is 1. The Kier molecular flexibility index (Phi) is 12.9. The summed E-state index contributed by atoms with van der Waals surface area (Å²) in [4.78, 5) is 19.7. The van der Waals surface area contributed by atoms with Crippen molar-refractivity contribution < 1.29 is 14.6 Å². The molecule has 7 heteroatoms. The van der Waals surface area contributed by atoms with Crippen LogP contribution in [0.4, 0.5) is 0 Å². The molecular weight excluding hydrogens is 452 g/mol. The van der Waals surface area contributed by atoms with Crippen molar-refractivity contribution in [1.82, 2.24) is 9.97 Å². The van der Waals surface area contributed by atoms with Crippen LogP contribution < -0.4 is 0 Å². The van der Waals surface area contributed by atoms with Gasteiger partial charge in [-0.3, -0.25) is 4.79 Å². The molecule has 5 nitrogen and oxygen atoms in total. The minimum atomic E-state index is -0.475. The number of carbonyl (C=O) groups excluding carboxylic acids is 1. The lowest BCUT2D eigenvalue weighted by Gasteiger charge is -2.06. The Morgan fingerprint density at radius 3 is 1.94 bits per heavy atom. The number of aromatic nitrogens is 2. The molecule has 0 unspecified atom stereocenters. The Bertz CT molecular complexity index is 991. The summed E-state index contributed by atoms with van der Waals surface area (Å²) >= 11 is 2.88. The van der Waals surface area contributed by atoms with E-state index in [9.17, 15) is 9.90 Å². The molecule has 0 saturated heterocycles. The van der Waals surface area contributed by atoms with Gasteiger partial charge in [0.2, 0.25) is 0 Å². The predicted octanol–water partition coefficient (Wildman–Crippen LogP) is 6.03. The van der Waals surface area contributed by atoms with Crippen LogP contribution in [0, 0.1) is 0 Å². The summed E-state index contributed by atoms with van der Waals surface area (Å²) in [5, 5.41) is 14.9. The van der Waals surface area contributed by atoms with E-state index in [0.29, 0.717) is 17.8 Å². The highest BCUT2D eigenvalue weighted by Gasteiger charge is 2.10. The molecule has 0 radical (unpaired) electrons. The fourth-order valence-electron chi connectivity index (χ4n) is 2.75. The zero-order chi connectivity index (χ0) is 23.7. The Balaban J connectivity index is 0.000000195. The number of thiazole rings is 2. The third-order valence-electron chi connectivity index (χ3n) is 4.29. The van der Waals surface area contributed by atoms with E-state index in [-0.39, 0.29) is 5.78 Å². The van der Waals surface area contributed by atoms with E-state index in [0.717, 1.165) is 29.3 Å². The van der Waals surface area contributed by atoms with Crippen molar-refractivity contribution in [2.24, 2.45) is 0 Å². The summed E-state index contributed by atoms with van der Waals surface area (Å²) in [6, 6.07) is 19.7. The highest BCUT2D eigenvalue weighted by molar-refractivity contribution is 7.11. The van der Waals surface area contributed by atoms with Crippen molar-refractivity contribution in [3.8, 4) is 0 Å². The maximum absolute atomic E-state index is 11.6. The second kappa shape index (κ2) is 16.0. The van der Waals surface area contributed by atoms with Gasteiger partial charge < -0.3 is 9.84 Å². The van der Waals surface area contributed by atoms with Gasteiger partial charge in [0.25, 0.3) is 0 Å². The quantitative estimate of drug-likeness (QED) is 0.310. The second-order valence-electron chi connectivity index (χ2n) is 6.78. The summed E-state index contributed by atoms with van der Waals surface area (Å²) in [6.07, 6.45) is 3.97. The molecule has 2 aromatic carbocycles. The summed E-state index contributed by atoms with van der Waals surface area (Å²) in [5.41, 5.74) is 2.17. The minimum Gasteiger partial charge on any atom is -0.386 e. The van der Waals surface area contributed by atoms with Crippen LogP contribution in [-0.2, 0) is 17.6 Å². The van der Waals surface area contributed by atoms with Gasteiger partial charge >= 0.3 is 0 Å². The number of nitrogens with zero attached hydrogens (tertiary/aromatic N) is 2. The van der Waals surface area contributed by atoms with E-state index in [1.54, 1.807) is 12.4 Å². The number of aliphatic hydroxyl groups is 1. The number of carbonyl (C=O) groups is 1. The highest BCUT2D eigenvalue weighted by Crippen LogP contribution is 2.19. The lowest BCUT2D eigenvalue weighted by atomic mass is 10.1. The lowest BCUT2D eigenvalue weighted by Crippen LogP contribution is -2.02. The average Bonchev–Trinajstić information content (AvgIpc) is 3.57. The van der Waals surface area contributed by atoms with Crippen LogP contribution >= 0.6 is 22.7 Å². The monoisotopic (exact) mass is 482 g/mol. The van der Waals surface area contributed by atoms with Gasteiger partial charge in [-0.25, -0.2) is 9.97 Å². The Hall–Kier alpha value is -2.71. The van der Waals surface area contributed by atoms with E-state index in [2.05, 4.69) is 9.97 Å². The Labute approximate surface area is 203 Å². The molecule has 1 N–H and O–H groups in total. The molecule has 0 saturated carbocycles. The third kappa shape index (κ3) is 10.6. The molecule has 0 aliphatic rings. The van der Waals surface area contributed by atoms with Gasteiger partial charge in [-0.05, 0) is 25.0 Å². The predicted molar refractivity (Wildman–Crippen MR) is 136 cm³/mol. The maximum Gasteiger partial charge on any atom is 0.195 e. The van der Waals surface area contributed by atoms with E-state index in [1.807, 2.05) is 85.3 Å². The standard InChI is InChI=1S/C11H11NOS.C11H9NOS.C4H10O/c2*13-10(11-12-6-7-14-11)8-9-4-2-1-3-5-9;1-3-5-4-2/h1-7,10,13H,8H2;1-7H,8H2;3-4H2,1-2H3/t10-;;/m1../s1. The van der Waals surface area contributed by atoms with Gasteiger partial charge in [0.15, 0.2) is 10.8 Å². The number of ketones is 1. The average molecular weight is 483 g/mol. The number of aliphatic hydroxyl groups excluding tert-OH is 1. The Morgan fingerprint density at radius 2 is 1.45 bits per heavy atom. The molecule has 0 spiro atoms. The minimum absolute atomic E-state index is 0.0891. The Morgan fingerprint density at radius 1 is 0.879 bits per heavy atom. The molecule has 2 aromatic heterocycles. The summed E-state index contributed by atoms with van der Waals surface area (Å²) in [7, 11) is 0. The first-order chi connectivity index (χ1) is 16.1. The molecule has 33 heavy (non-hydrogen) atoms. The molecule has 0 fully saturated rings. The molecular formula is C26H30N2O3S2. The van der Waals surface area contributed by atoms with Crippen molar-refractivity contribution in [2.75, 3.05) is 13.2 Å². The molecule has 4 rings (SSSR count). The second-order valence-corrected chi connectivity index (χ2v) is 8.60. The smallest absolute Gasteiger partial charge is 0.195 e. The molecule has 2 heterocycles. The van der Waals surface area contributed by atoms with Crippen molar-refractivity contribution in [2.45, 2.75) is 32.8 Å². The van der Waals surface area contributed by atoms with Crippen molar-refractivity contribution in [1.29, 1.82) is 0 Å². The molecule has 0 amide bonds. The molecule has 174 valence electrons. The van der Waals surface area contributed by atoms with Crippen LogP contribution in [0.15, 0.2) is 83.8 Å². The SMILES string of the molecule is CCOCC.O=C(Cc1ccccc1)c1nccs1.O[C@H](Cc1ccccc1)c1nccs1. The van der Waals surface area contributed by atoms with E-state index >= 15 is 0 Å². The highest BCUT2D eigenvalue weighted by atomic mass is 32.1. The van der Waals surface area contributed by atoms with Crippen LogP contribution in [0.3, 0.4) is 0 Å². The van der Waals surface area contributed by atoms with E-state index in [1.165, 1.54) is 22.7 Å². The lowest BCUT2D eigenvalue weighted by molar-refractivity contribution is 0.0992. The molecule has 4 aromatic rings. The number of hydrogen-bond acceptors (Lipinski definition) is 7. The van der Waals surface area contributed by atoms with E-state index in [4.69, 9.17) is 4.74 Å². The summed E-state index contributed by atoms with van der Waals surface area (Å²) in [6.45, 7) is 5.67. The molecule has 0 aliphatic heterocycles. The van der Waals surface area contributed by atoms with Crippen LogP contribution in [0.5, 0.6) is 0 Å². The normalized spacial score (nSPS) is 10.9. The first-order valence-corrected chi connectivity index (χ1v) is 12.6. The van der Waals surface area contributed by atoms with Gasteiger partial charge in [0.1, 0.15) is 11.1 Å². The first-order valence-electron chi connectivity index (χ1n) is 10.8. The third-order valence-corrected chi connectivity index (χ3v) is 5.99. The molecule has 0 bridgehead atoms. The number of benzene rings is 2. The van der Waals surface area contributed by atoms with Gasteiger partial charge in [-0.1, -0.05) is 60.7 Å². The van der Waals surface area contributed by atoms with Gasteiger partial charge in [-0.2, -0.15) is 0 Å². The molecule has 0 aliphatic carbocycles. The fourth-order valence-corrected chi connectivity index (χ4v) is 3.95. The summed E-state index contributed by atoms with van der Waals surface area (Å²) in [5.74, 6) is 0.0891. The van der Waals surface area contributed by atoms with Crippen LogP contribution in [-0.4, -0.2) is 34.1 Å². The van der Waals surface area contributed by atoms with Crippen LogP contribution in [0.2, 0.25) is 0 Å². The number of Topliss-reactive ketones (excluding diaryl/α,β-unsaturated/α-hetero) is 1. The number of rotatable bonds is 8. The van der Waals surface area contributed by atoms with Gasteiger partial charge in [0.05, 0.1) is 0 Å². The zero-order valence-electron chi connectivity index (χ0n) is 19.0. The number of ether oxygens (including phenoxy) is 1. The van der Waals surface area contributed by atoms with Crippen LogP contribution in [0.25, 0.3) is 0 Å². The molecule has 1 atom stereocenters. The van der Waals surface area contributed by atoms with Crippen LogP contribution in [0.1, 0.15) is 45.9 Å². The van der Waals surface area contributed by atoms with Crippen molar-refractivity contribution >= 4 is 28.5 Å². The zero-order valence-corrected chi connectivity index (χ0v) is 20.6. The van der Waals surface area contributed by atoms with Gasteiger partial charge in [-0.15, -0.1) is 22.7 Å². The summed E-state index contributed by atoms with van der Waals surface area (Å²) < 4.78 is 4.83. The van der Waals surface area contributed by atoms with Crippen molar-refractivity contribution in [3.63, 3.8) is 0 Å². The maximum atomic E-state index is 11.6.